The van der Waals surface area contributed by atoms with Crippen molar-refractivity contribution < 1.29 is 0 Å². The number of hydrogen-bond acceptors (Lipinski definition) is 0. The first-order chi connectivity index (χ1) is 11.8. The minimum absolute atomic E-state index is 0.908. The molecule has 2 aliphatic carbocycles. The van der Waals surface area contributed by atoms with Crippen LogP contribution in [0.25, 0.3) is 0 Å². The van der Waals surface area contributed by atoms with Crippen LogP contribution in [0, 0.1) is 23.7 Å². The zero-order valence-electron chi connectivity index (χ0n) is 16.8. The van der Waals surface area contributed by atoms with Crippen molar-refractivity contribution in [2.24, 2.45) is 23.7 Å². The molecular weight excluding hydrogens is 288 g/mol. The van der Waals surface area contributed by atoms with E-state index in [9.17, 15) is 0 Å². The minimum Gasteiger partial charge on any atom is -0.0883 e. The molecule has 0 aromatic rings. The molecule has 0 heterocycles. The highest BCUT2D eigenvalue weighted by atomic mass is 14.3. The van der Waals surface area contributed by atoms with Crippen molar-refractivity contribution in [1.82, 2.24) is 0 Å². The maximum absolute atomic E-state index is 2.52. The third-order valence-electron chi connectivity index (χ3n) is 6.89. The molecule has 0 unspecified atom stereocenters. The summed E-state index contributed by atoms with van der Waals surface area (Å²) < 4.78 is 0. The largest absolute Gasteiger partial charge is 0.0883 e. The lowest BCUT2D eigenvalue weighted by Crippen LogP contribution is -2.15. The highest BCUT2D eigenvalue weighted by Gasteiger charge is 2.21. The van der Waals surface area contributed by atoms with E-state index in [4.69, 9.17) is 0 Å². The fourth-order valence-corrected chi connectivity index (χ4v) is 5.21. The van der Waals surface area contributed by atoms with Crippen LogP contribution in [0.2, 0.25) is 0 Å². The van der Waals surface area contributed by atoms with Gasteiger partial charge in [0, 0.05) is 0 Å². The summed E-state index contributed by atoms with van der Waals surface area (Å²) in [6.07, 6.45) is 28.6. The molecule has 0 aromatic heterocycles. The van der Waals surface area contributed by atoms with Crippen LogP contribution in [0.5, 0.6) is 0 Å². The topological polar surface area (TPSA) is 0 Å². The van der Waals surface area contributed by atoms with Gasteiger partial charge in [-0.2, -0.15) is 0 Å². The van der Waals surface area contributed by atoms with Gasteiger partial charge in [-0.25, -0.2) is 0 Å². The maximum Gasteiger partial charge on any atom is -0.0233 e. The van der Waals surface area contributed by atoms with Crippen molar-refractivity contribution in [2.75, 3.05) is 0 Å². The van der Waals surface area contributed by atoms with Crippen LogP contribution < -0.4 is 0 Å². The molecule has 0 amide bonds. The van der Waals surface area contributed by atoms with E-state index in [0.717, 1.165) is 23.7 Å². The van der Waals surface area contributed by atoms with Crippen molar-refractivity contribution in [1.29, 1.82) is 0 Å². The Morgan fingerprint density at radius 2 is 1.12 bits per heavy atom. The summed E-state index contributed by atoms with van der Waals surface area (Å²) in [7, 11) is 0. The first-order valence-electron chi connectivity index (χ1n) is 11.5. The molecule has 2 fully saturated rings. The zero-order valence-corrected chi connectivity index (χ0v) is 16.8. The van der Waals surface area contributed by atoms with Gasteiger partial charge >= 0.3 is 0 Å². The maximum atomic E-state index is 2.52. The Balaban J connectivity index is 1.47. The summed E-state index contributed by atoms with van der Waals surface area (Å²) in [6, 6.07) is 0. The molecule has 0 saturated heterocycles. The van der Waals surface area contributed by atoms with E-state index in [2.05, 4.69) is 26.0 Å². The summed E-state index contributed by atoms with van der Waals surface area (Å²) in [5.74, 6) is 4.12. The Bertz CT molecular complexity index is 313. The summed E-state index contributed by atoms with van der Waals surface area (Å²) in [5.41, 5.74) is 0. The van der Waals surface area contributed by atoms with Crippen LogP contribution in [0.15, 0.2) is 12.2 Å². The van der Waals surface area contributed by atoms with E-state index in [0.29, 0.717) is 0 Å². The molecule has 2 rings (SSSR count). The van der Waals surface area contributed by atoms with E-state index in [1.807, 2.05) is 0 Å². The van der Waals surface area contributed by atoms with Gasteiger partial charge in [-0.3, -0.25) is 0 Å². The zero-order chi connectivity index (χ0) is 17.0. The predicted molar refractivity (Wildman–Crippen MR) is 108 cm³/mol. The molecule has 0 spiro atoms. The van der Waals surface area contributed by atoms with Crippen LogP contribution >= 0.6 is 0 Å². The van der Waals surface area contributed by atoms with Gasteiger partial charge in [0.15, 0.2) is 0 Å². The van der Waals surface area contributed by atoms with Crippen molar-refractivity contribution in [3.05, 3.63) is 12.2 Å². The Morgan fingerprint density at radius 1 is 0.625 bits per heavy atom. The van der Waals surface area contributed by atoms with Crippen molar-refractivity contribution in [3.8, 4) is 0 Å². The molecule has 0 radical (unpaired) electrons. The lowest BCUT2D eigenvalue weighted by atomic mass is 9.77. The Kier molecular flexibility index (Phi) is 10.2. The summed E-state index contributed by atoms with van der Waals surface area (Å²) >= 11 is 0. The van der Waals surface area contributed by atoms with Crippen LogP contribution in [-0.2, 0) is 0 Å². The predicted octanol–water partition coefficient (Wildman–Crippen LogP) is 8.32. The van der Waals surface area contributed by atoms with Gasteiger partial charge in [0.05, 0.1) is 0 Å². The molecule has 0 aliphatic heterocycles. The second-order valence-corrected chi connectivity index (χ2v) is 8.96. The molecule has 2 saturated carbocycles. The van der Waals surface area contributed by atoms with Gasteiger partial charge in [-0.15, -0.1) is 0 Å². The lowest BCUT2D eigenvalue weighted by molar-refractivity contribution is 0.242. The van der Waals surface area contributed by atoms with Crippen LogP contribution in [0.3, 0.4) is 0 Å². The van der Waals surface area contributed by atoms with Gasteiger partial charge in [0.1, 0.15) is 0 Å². The Morgan fingerprint density at radius 3 is 1.62 bits per heavy atom. The number of allylic oxidation sites excluding steroid dienone is 2. The highest BCUT2D eigenvalue weighted by molar-refractivity contribution is 4.90. The Hall–Kier alpha value is -0.260. The first kappa shape index (κ1) is 20.1. The first-order valence-corrected chi connectivity index (χ1v) is 11.5. The molecule has 24 heavy (non-hydrogen) atoms. The molecule has 0 nitrogen and oxygen atoms in total. The summed E-state index contributed by atoms with van der Waals surface area (Å²) in [5, 5.41) is 0. The number of unbranched alkanes of at least 4 members (excludes halogenated alkanes) is 2. The smallest absolute Gasteiger partial charge is 0.0233 e. The number of rotatable bonds is 10. The highest BCUT2D eigenvalue weighted by Crippen LogP contribution is 2.36. The third-order valence-corrected chi connectivity index (χ3v) is 6.89. The second kappa shape index (κ2) is 12.2. The third kappa shape index (κ3) is 7.75. The van der Waals surface area contributed by atoms with Crippen LogP contribution in [0.1, 0.15) is 117 Å². The molecule has 0 aromatic carbocycles. The van der Waals surface area contributed by atoms with Gasteiger partial charge in [-0.05, 0) is 55.8 Å². The lowest BCUT2D eigenvalue weighted by Gasteiger charge is -2.29. The Labute approximate surface area is 152 Å². The number of hydrogen-bond donors (Lipinski definition) is 0. The SMILES string of the molecule is CCC/C=C/C1CCC(CCCCC2CCC(CCC)CC2)CC1. The standard InChI is InChI=1S/C24H44/c1-3-5-6-10-22-17-19-24(20-18-22)12-8-7-11-23-15-13-21(9-4-2)14-16-23/h6,10,21-24H,3-5,7-9,11-20H2,1-2H3/b10-6+. The van der Waals surface area contributed by atoms with E-state index >= 15 is 0 Å². The molecule has 140 valence electrons. The minimum atomic E-state index is 0.908. The van der Waals surface area contributed by atoms with Crippen molar-refractivity contribution in [2.45, 2.75) is 117 Å². The summed E-state index contributed by atoms with van der Waals surface area (Å²) in [4.78, 5) is 0. The normalized spacial score (nSPS) is 31.6. The molecule has 0 bridgehead atoms. The molecule has 0 heteroatoms. The van der Waals surface area contributed by atoms with E-state index in [1.54, 1.807) is 12.8 Å². The fourth-order valence-electron chi connectivity index (χ4n) is 5.21. The van der Waals surface area contributed by atoms with Crippen LogP contribution in [-0.4, -0.2) is 0 Å². The second-order valence-electron chi connectivity index (χ2n) is 8.96. The average molecular weight is 333 g/mol. The van der Waals surface area contributed by atoms with Crippen molar-refractivity contribution in [3.63, 3.8) is 0 Å². The summed E-state index contributed by atoms with van der Waals surface area (Å²) in [6.45, 7) is 4.62. The van der Waals surface area contributed by atoms with Crippen LogP contribution in [0.4, 0.5) is 0 Å². The van der Waals surface area contributed by atoms with Crippen molar-refractivity contribution >= 4 is 0 Å². The molecular formula is C24H44. The van der Waals surface area contributed by atoms with Gasteiger partial charge < -0.3 is 0 Å². The molecule has 0 N–H and O–H groups in total. The van der Waals surface area contributed by atoms with Gasteiger partial charge in [0.25, 0.3) is 0 Å². The van der Waals surface area contributed by atoms with E-state index in [-0.39, 0.29) is 0 Å². The van der Waals surface area contributed by atoms with Gasteiger partial charge in [-0.1, -0.05) is 96.6 Å². The monoisotopic (exact) mass is 332 g/mol. The average Bonchev–Trinajstić information content (AvgIpc) is 2.62. The molecule has 0 atom stereocenters. The molecule has 2 aliphatic rings. The fraction of sp³-hybridized carbons (Fsp3) is 0.917. The quantitative estimate of drug-likeness (QED) is 0.278. The van der Waals surface area contributed by atoms with Gasteiger partial charge in [0.2, 0.25) is 0 Å². The van der Waals surface area contributed by atoms with E-state index < -0.39 is 0 Å². The van der Waals surface area contributed by atoms with E-state index in [1.165, 1.54) is 89.9 Å².